The van der Waals surface area contributed by atoms with Crippen LogP contribution in [0.2, 0.25) is 10.0 Å². The molecule has 2 rings (SSSR count). The van der Waals surface area contributed by atoms with Gasteiger partial charge in [0.05, 0.1) is 0 Å². The van der Waals surface area contributed by atoms with Crippen LogP contribution < -0.4 is 4.74 Å². The van der Waals surface area contributed by atoms with Gasteiger partial charge in [0.25, 0.3) is 0 Å². The van der Waals surface area contributed by atoms with Gasteiger partial charge in [0, 0.05) is 28.6 Å². The highest BCUT2D eigenvalue weighted by Crippen LogP contribution is 2.18. The molecular formula is C22H20Cl2O4. The number of hydrogen-bond donors (Lipinski definition) is 1. The summed E-state index contributed by atoms with van der Waals surface area (Å²) in [7, 11) is 0. The summed E-state index contributed by atoms with van der Waals surface area (Å²) in [5, 5.41) is 10.2. The number of rotatable bonds is 8. The number of carbonyl (C=O) groups is 1. The van der Waals surface area contributed by atoms with Gasteiger partial charge in [-0.1, -0.05) is 47.2 Å². The Hall–Kier alpha value is -2.45. The maximum atomic E-state index is 11.1. The first-order valence-electron chi connectivity index (χ1n) is 8.66. The van der Waals surface area contributed by atoms with Crippen LogP contribution in [0.4, 0.5) is 0 Å². The molecule has 1 N–H and O–H groups in total. The van der Waals surface area contributed by atoms with Crippen molar-refractivity contribution in [3.05, 3.63) is 75.8 Å². The zero-order valence-electron chi connectivity index (χ0n) is 15.3. The number of halogens is 2. The van der Waals surface area contributed by atoms with Crippen molar-refractivity contribution >= 4 is 29.2 Å². The minimum absolute atomic E-state index is 0.312. The van der Waals surface area contributed by atoms with Crippen LogP contribution in [0, 0.1) is 11.8 Å². The van der Waals surface area contributed by atoms with Crippen molar-refractivity contribution in [2.24, 2.45) is 0 Å². The second-order valence-corrected chi connectivity index (χ2v) is 6.64. The van der Waals surface area contributed by atoms with Crippen molar-refractivity contribution in [1.82, 2.24) is 0 Å². The average molecular weight is 419 g/mol. The summed E-state index contributed by atoms with van der Waals surface area (Å²) < 4.78 is 10.8. The largest absolute Gasteiger partial charge is 0.490 e. The van der Waals surface area contributed by atoms with Crippen LogP contribution in [0.15, 0.2) is 54.6 Å². The smallest absolute Gasteiger partial charge is 0.333 e. The van der Waals surface area contributed by atoms with E-state index in [0.717, 1.165) is 11.1 Å². The normalized spacial score (nSPS) is 11.7. The fourth-order valence-corrected chi connectivity index (χ4v) is 2.88. The molecule has 0 radical (unpaired) electrons. The van der Waals surface area contributed by atoms with E-state index in [4.69, 9.17) is 37.8 Å². The Morgan fingerprint density at radius 3 is 2.46 bits per heavy atom. The Balaban J connectivity index is 1.82. The summed E-state index contributed by atoms with van der Waals surface area (Å²) >= 11 is 11.8. The molecule has 0 aliphatic carbocycles. The van der Waals surface area contributed by atoms with Crippen LogP contribution in [0.5, 0.6) is 5.75 Å². The Labute approximate surface area is 174 Å². The van der Waals surface area contributed by atoms with Crippen LogP contribution in [0.25, 0.3) is 0 Å². The topological polar surface area (TPSA) is 55.8 Å². The Kier molecular flexibility index (Phi) is 8.90. The van der Waals surface area contributed by atoms with E-state index in [1.165, 1.54) is 0 Å². The van der Waals surface area contributed by atoms with E-state index in [-0.39, 0.29) is 0 Å². The monoisotopic (exact) mass is 418 g/mol. The van der Waals surface area contributed by atoms with E-state index in [2.05, 4.69) is 11.8 Å². The van der Waals surface area contributed by atoms with Gasteiger partial charge in [-0.25, -0.2) is 4.79 Å². The number of carboxylic acid groups (broad SMARTS) is 1. The van der Waals surface area contributed by atoms with Crippen molar-refractivity contribution in [2.45, 2.75) is 19.4 Å². The summed E-state index contributed by atoms with van der Waals surface area (Å²) in [4.78, 5) is 11.1. The average Bonchev–Trinajstić information content (AvgIpc) is 2.64. The van der Waals surface area contributed by atoms with Gasteiger partial charge in [-0.15, -0.1) is 0 Å². The second kappa shape index (κ2) is 11.4. The third-order valence-corrected chi connectivity index (χ3v) is 4.05. The van der Waals surface area contributed by atoms with Gasteiger partial charge < -0.3 is 14.6 Å². The van der Waals surface area contributed by atoms with Crippen LogP contribution >= 0.6 is 23.2 Å². The Bertz CT molecular complexity index is 859. The lowest BCUT2D eigenvalue weighted by molar-refractivity contribution is -0.149. The van der Waals surface area contributed by atoms with E-state index in [0.29, 0.717) is 35.4 Å². The lowest BCUT2D eigenvalue weighted by atomic mass is 10.1. The van der Waals surface area contributed by atoms with Crippen molar-refractivity contribution in [2.75, 3.05) is 13.2 Å². The molecule has 0 aliphatic rings. The molecule has 0 heterocycles. The van der Waals surface area contributed by atoms with E-state index >= 15 is 0 Å². The molecule has 0 spiro atoms. The first-order chi connectivity index (χ1) is 13.5. The van der Waals surface area contributed by atoms with Gasteiger partial charge >= 0.3 is 5.97 Å². The summed E-state index contributed by atoms with van der Waals surface area (Å²) in [6.07, 6.45) is 2.96. The summed E-state index contributed by atoms with van der Waals surface area (Å²) in [5.74, 6) is 5.57. The highest BCUT2D eigenvalue weighted by atomic mass is 35.5. The second-order valence-electron chi connectivity index (χ2n) is 5.77. The van der Waals surface area contributed by atoms with Crippen molar-refractivity contribution < 1.29 is 19.4 Å². The predicted octanol–water partition coefficient (Wildman–Crippen LogP) is 5.01. The van der Waals surface area contributed by atoms with E-state index in [1.54, 1.807) is 49.4 Å². The molecule has 0 aromatic heterocycles. The fourth-order valence-electron chi connectivity index (χ4n) is 2.36. The molecular weight excluding hydrogens is 399 g/mol. The van der Waals surface area contributed by atoms with Gasteiger partial charge in [0.1, 0.15) is 12.4 Å². The Morgan fingerprint density at radius 2 is 1.86 bits per heavy atom. The third-order valence-electron chi connectivity index (χ3n) is 3.61. The molecule has 4 nitrogen and oxygen atoms in total. The van der Waals surface area contributed by atoms with Crippen LogP contribution in [0.1, 0.15) is 18.1 Å². The van der Waals surface area contributed by atoms with E-state index in [9.17, 15) is 4.79 Å². The lowest BCUT2D eigenvalue weighted by Gasteiger charge is -2.12. The molecule has 2 aromatic rings. The highest BCUT2D eigenvalue weighted by Gasteiger charge is 2.17. The molecule has 6 heteroatoms. The van der Waals surface area contributed by atoms with Crippen molar-refractivity contribution in [3.63, 3.8) is 0 Å². The van der Waals surface area contributed by atoms with Gasteiger partial charge in [-0.05, 0) is 55.0 Å². The summed E-state index contributed by atoms with van der Waals surface area (Å²) in [5.41, 5.74) is 1.61. The lowest BCUT2D eigenvalue weighted by Crippen LogP contribution is -2.26. The molecule has 146 valence electrons. The van der Waals surface area contributed by atoms with E-state index < -0.39 is 12.1 Å². The molecule has 1 atom stereocenters. The molecule has 0 fully saturated rings. The maximum absolute atomic E-state index is 11.1. The minimum Gasteiger partial charge on any atom is -0.490 e. The Morgan fingerprint density at radius 1 is 1.18 bits per heavy atom. The summed E-state index contributed by atoms with van der Waals surface area (Å²) in [6.45, 7) is 2.49. The van der Waals surface area contributed by atoms with Crippen LogP contribution in [-0.4, -0.2) is 30.4 Å². The SMILES string of the molecule is CCOC(Cc1ccc(OC/C=C/C#Cc2cc(Cl)cc(Cl)c2)cc1)C(=O)O. The fraction of sp³-hybridized carbons (Fsp3) is 0.227. The highest BCUT2D eigenvalue weighted by molar-refractivity contribution is 6.34. The van der Waals surface area contributed by atoms with Gasteiger partial charge in [-0.2, -0.15) is 0 Å². The molecule has 2 aromatic carbocycles. The molecule has 0 aliphatic heterocycles. The zero-order chi connectivity index (χ0) is 20.4. The number of ether oxygens (including phenoxy) is 2. The van der Waals surface area contributed by atoms with E-state index in [1.807, 2.05) is 12.1 Å². The third kappa shape index (κ3) is 7.66. The van der Waals surface area contributed by atoms with Crippen LogP contribution in [0.3, 0.4) is 0 Å². The molecule has 0 bridgehead atoms. The number of allylic oxidation sites excluding steroid dienone is 1. The molecule has 1 unspecified atom stereocenters. The molecule has 0 amide bonds. The summed E-state index contributed by atoms with van der Waals surface area (Å²) in [6, 6.07) is 12.4. The molecule has 0 saturated carbocycles. The van der Waals surface area contributed by atoms with Gasteiger partial charge in [-0.3, -0.25) is 0 Å². The maximum Gasteiger partial charge on any atom is 0.333 e. The number of aliphatic carboxylic acids is 1. The molecule has 0 saturated heterocycles. The number of hydrogen-bond acceptors (Lipinski definition) is 3. The minimum atomic E-state index is -0.964. The quantitative estimate of drug-likeness (QED) is 0.611. The van der Waals surface area contributed by atoms with Crippen molar-refractivity contribution in [1.29, 1.82) is 0 Å². The van der Waals surface area contributed by atoms with Gasteiger partial charge in [0.15, 0.2) is 6.10 Å². The van der Waals surface area contributed by atoms with Crippen LogP contribution in [-0.2, 0) is 16.0 Å². The molecule has 28 heavy (non-hydrogen) atoms. The first-order valence-corrected chi connectivity index (χ1v) is 9.42. The number of benzene rings is 2. The van der Waals surface area contributed by atoms with Crippen molar-refractivity contribution in [3.8, 4) is 17.6 Å². The standard InChI is InChI=1S/C22H20Cl2O4/c1-2-27-21(22(25)26)14-16-7-9-20(10-8-16)28-11-5-3-4-6-17-12-18(23)15-19(24)13-17/h3,5,7-10,12-13,15,21H,2,11,14H2,1H3,(H,25,26)/b5-3+. The number of carboxylic acids is 1. The predicted molar refractivity (Wildman–Crippen MR) is 111 cm³/mol. The first kappa shape index (κ1) is 21.8. The van der Waals surface area contributed by atoms with Gasteiger partial charge in [0.2, 0.25) is 0 Å². The zero-order valence-corrected chi connectivity index (χ0v) is 16.8.